The summed E-state index contributed by atoms with van der Waals surface area (Å²) in [5, 5.41) is 21.8. The molecule has 9 nitrogen and oxygen atoms in total. The Labute approximate surface area is 210 Å². The summed E-state index contributed by atoms with van der Waals surface area (Å²) >= 11 is 0.998. The van der Waals surface area contributed by atoms with Gasteiger partial charge in [-0.1, -0.05) is 29.5 Å². The van der Waals surface area contributed by atoms with Gasteiger partial charge in [0, 0.05) is 13.1 Å². The number of phenolic OH excluding ortho intramolecular Hbond substituents is 1. The van der Waals surface area contributed by atoms with Crippen LogP contribution in [0.5, 0.6) is 5.75 Å². The molecule has 5 rings (SSSR count). The number of aliphatic hydroxyl groups is 1. The van der Waals surface area contributed by atoms with Crippen molar-refractivity contribution in [3.05, 3.63) is 81.3 Å². The van der Waals surface area contributed by atoms with Crippen molar-refractivity contribution in [3.8, 4) is 5.75 Å². The molecule has 182 valence electrons. The zero-order chi connectivity index (χ0) is 25.9. The minimum Gasteiger partial charge on any atom is -0.508 e. The number of pyridine rings is 1. The number of aryl methyl sites for hydroxylation is 3. The molecular weight excluding hydrogens is 480 g/mol. The number of aromatic nitrogens is 3. The fourth-order valence-corrected chi connectivity index (χ4v) is 5.51. The maximum atomic E-state index is 13.4. The van der Waals surface area contributed by atoms with Gasteiger partial charge in [-0.2, -0.15) is 0 Å². The second kappa shape index (κ2) is 8.42. The van der Waals surface area contributed by atoms with Gasteiger partial charge in [0.15, 0.2) is 16.7 Å². The number of aromatic hydroxyl groups is 1. The lowest BCUT2D eigenvalue weighted by Gasteiger charge is -2.23. The molecule has 2 N–H and O–H groups in total. The molecule has 4 aromatic rings. The van der Waals surface area contributed by atoms with Crippen molar-refractivity contribution in [3.63, 3.8) is 0 Å². The van der Waals surface area contributed by atoms with Crippen LogP contribution in [0.15, 0.2) is 48.2 Å². The lowest BCUT2D eigenvalue weighted by atomic mass is 9.96. The average molecular weight is 503 g/mol. The Bertz CT molecular complexity index is 1630. The molecule has 1 aromatic carbocycles. The minimum absolute atomic E-state index is 0.0719. The van der Waals surface area contributed by atoms with Crippen LogP contribution in [0.4, 0.5) is 5.13 Å². The Morgan fingerprint density at radius 2 is 1.83 bits per heavy atom. The lowest BCUT2D eigenvalue weighted by molar-refractivity contribution is -0.132. The SMILES string of the molecule is CC(=O)c1sc(N2C(=O)C(=O)/C(=C(/O)c3nc4c(C)cccn4c3C)C2c2cccc(O)c2)nc1C. The van der Waals surface area contributed by atoms with Gasteiger partial charge in [-0.25, -0.2) is 9.97 Å². The molecule has 0 aliphatic carbocycles. The van der Waals surface area contributed by atoms with Crippen LogP contribution < -0.4 is 4.90 Å². The highest BCUT2D eigenvalue weighted by Gasteiger charge is 2.49. The first-order chi connectivity index (χ1) is 17.1. The quantitative estimate of drug-likeness (QED) is 0.185. The number of benzene rings is 1. The molecular formula is C26H22N4O5S. The second-order valence-electron chi connectivity index (χ2n) is 8.66. The first kappa shape index (κ1) is 23.4. The molecule has 0 radical (unpaired) electrons. The van der Waals surface area contributed by atoms with Gasteiger partial charge in [0.05, 0.1) is 27.9 Å². The first-order valence-electron chi connectivity index (χ1n) is 11.1. The predicted molar refractivity (Wildman–Crippen MR) is 134 cm³/mol. The smallest absolute Gasteiger partial charge is 0.301 e. The van der Waals surface area contributed by atoms with Crippen molar-refractivity contribution in [1.29, 1.82) is 0 Å². The number of hydrogen-bond acceptors (Lipinski definition) is 8. The largest absolute Gasteiger partial charge is 0.508 e. The van der Waals surface area contributed by atoms with E-state index in [0.717, 1.165) is 16.9 Å². The monoisotopic (exact) mass is 502 g/mol. The van der Waals surface area contributed by atoms with Gasteiger partial charge in [0.1, 0.15) is 17.1 Å². The van der Waals surface area contributed by atoms with E-state index >= 15 is 0 Å². The summed E-state index contributed by atoms with van der Waals surface area (Å²) in [6.45, 7) is 6.70. The molecule has 1 saturated heterocycles. The van der Waals surface area contributed by atoms with E-state index in [1.54, 1.807) is 36.6 Å². The number of aliphatic hydroxyl groups excluding tert-OH is 1. The number of carbonyl (C=O) groups is 3. The third-order valence-electron chi connectivity index (χ3n) is 6.25. The molecule has 4 heterocycles. The molecule has 0 bridgehead atoms. The van der Waals surface area contributed by atoms with Gasteiger partial charge in [0.2, 0.25) is 0 Å². The zero-order valence-electron chi connectivity index (χ0n) is 19.9. The number of fused-ring (bicyclic) bond motifs is 1. The number of Topliss-reactive ketones (excluding diaryl/α,β-unsaturated/α-hetero) is 2. The molecule has 1 aliphatic rings. The van der Waals surface area contributed by atoms with Crippen LogP contribution in [0.1, 0.15) is 50.8 Å². The second-order valence-corrected chi connectivity index (χ2v) is 9.64. The molecule has 36 heavy (non-hydrogen) atoms. The van der Waals surface area contributed by atoms with Crippen molar-refractivity contribution >= 4 is 45.3 Å². The number of imidazole rings is 1. The van der Waals surface area contributed by atoms with Crippen molar-refractivity contribution in [2.45, 2.75) is 33.7 Å². The third kappa shape index (κ3) is 3.49. The number of ketones is 2. The summed E-state index contributed by atoms with van der Waals surface area (Å²) in [6, 6.07) is 8.75. The van der Waals surface area contributed by atoms with Gasteiger partial charge in [-0.3, -0.25) is 19.3 Å². The average Bonchev–Trinajstić information content (AvgIpc) is 3.46. The highest BCUT2D eigenvalue weighted by molar-refractivity contribution is 7.18. The normalized spacial score (nSPS) is 17.3. The topological polar surface area (TPSA) is 125 Å². The Kier molecular flexibility index (Phi) is 5.48. The molecule has 0 saturated carbocycles. The Morgan fingerprint density at radius 3 is 2.47 bits per heavy atom. The van der Waals surface area contributed by atoms with E-state index in [4.69, 9.17) is 0 Å². The van der Waals surface area contributed by atoms with Gasteiger partial charge in [-0.15, -0.1) is 0 Å². The van der Waals surface area contributed by atoms with Gasteiger partial charge in [0.25, 0.3) is 5.78 Å². The van der Waals surface area contributed by atoms with Crippen molar-refractivity contribution in [2.24, 2.45) is 0 Å². The molecule has 1 unspecified atom stereocenters. The van der Waals surface area contributed by atoms with Crippen molar-refractivity contribution in [2.75, 3.05) is 4.90 Å². The molecule has 3 aromatic heterocycles. The number of carbonyl (C=O) groups excluding carboxylic acids is 3. The van der Waals surface area contributed by atoms with Crippen LogP contribution in [0.25, 0.3) is 11.4 Å². The van der Waals surface area contributed by atoms with E-state index in [9.17, 15) is 24.6 Å². The van der Waals surface area contributed by atoms with Gasteiger partial charge < -0.3 is 14.6 Å². The van der Waals surface area contributed by atoms with Crippen LogP contribution in [-0.4, -0.2) is 42.1 Å². The van der Waals surface area contributed by atoms with E-state index in [0.29, 0.717) is 27.5 Å². The maximum Gasteiger partial charge on any atom is 0.301 e. The maximum absolute atomic E-state index is 13.4. The Balaban J connectivity index is 1.78. The number of rotatable bonds is 4. The summed E-state index contributed by atoms with van der Waals surface area (Å²) in [5.74, 6) is -2.52. The van der Waals surface area contributed by atoms with Gasteiger partial charge >= 0.3 is 5.91 Å². The van der Waals surface area contributed by atoms with Crippen LogP contribution in [0.2, 0.25) is 0 Å². The van der Waals surface area contributed by atoms with Crippen LogP contribution in [-0.2, 0) is 9.59 Å². The summed E-state index contributed by atoms with van der Waals surface area (Å²) in [4.78, 5) is 49.3. The Hall–Kier alpha value is -4.31. The van der Waals surface area contributed by atoms with Crippen molar-refractivity contribution in [1.82, 2.24) is 14.4 Å². The minimum atomic E-state index is -1.09. The van der Waals surface area contributed by atoms with Crippen LogP contribution >= 0.6 is 11.3 Å². The Morgan fingerprint density at radius 1 is 1.08 bits per heavy atom. The van der Waals surface area contributed by atoms with E-state index in [1.165, 1.54) is 24.0 Å². The summed E-state index contributed by atoms with van der Waals surface area (Å²) in [7, 11) is 0. The first-order valence-corrected chi connectivity index (χ1v) is 11.9. The standard InChI is InChI=1S/C26H22N4O5S/c1-12-7-6-10-29-14(3)19(28-24(12)29)21(33)18-20(16-8-5-9-17(32)11-16)30(25(35)22(18)34)26-27-13(2)23(36-26)15(4)31/h5-11,20,32-33H,1-4H3/b21-18+. The third-order valence-corrected chi connectivity index (χ3v) is 7.51. The molecule has 0 spiro atoms. The summed E-state index contributed by atoms with van der Waals surface area (Å²) in [5.41, 5.74) is 2.91. The van der Waals surface area contributed by atoms with E-state index < -0.39 is 23.5 Å². The summed E-state index contributed by atoms with van der Waals surface area (Å²) in [6.07, 6.45) is 1.80. The van der Waals surface area contributed by atoms with E-state index in [2.05, 4.69) is 9.97 Å². The number of phenols is 1. The highest BCUT2D eigenvalue weighted by Crippen LogP contribution is 2.44. The summed E-state index contributed by atoms with van der Waals surface area (Å²) < 4.78 is 1.80. The number of hydrogen-bond donors (Lipinski definition) is 2. The van der Waals surface area contributed by atoms with Crippen LogP contribution in [0.3, 0.4) is 0 Å². The van der Waals surface area contributed by atoms with E-state index in [-0.39, 0.29) is 27.9 Å². The van der Waals surface area contributed by atoms with E-state index in [1.807, 2.05) is 19.1 Å². The number of nitrogens with zero attached hydrogens (tertiary/aromatic N) is 4. The van der Waals surface area contributed by atoms with Crippen LogP contribution in [0, 0.1) is 20.8 Å². The molecule has 1 aliphatic heterocycles. The molecule has 10 heteroatoms. The fourth-order valence-electron chi connectivity index (χ4n) is 4.53. The number of thiazole rings is 1. The number of anilines is 1. The van der Waals surface area contributed by atoms with Gasteiger partial charge in [-0.05, 0) is 50.1 Å². The zero-order valence-corrected chi connectivity index (χ0v) is 20.8. The molecule has 1 fully saturated rings. The predicted octanol–water partition coefficient (Wildman–Crippen LogP) is 4.25. The number of amides is 1. The molecule has 1 amide bonds. The highest BCUT2D eigenvalue weighted by atomic mass is 32.1. The van der Waals surface area contributed by atoms with Crippen molar-refractivity contribution < 1.29 is 24.6 Å². The fraction of sp³-hybridized carbons (Fsp3) is 0.192. The lowest BCUT2D eigenvalue weighted by Crippen LogP contribution is -2.29. The molecule has 1 atom stereocenters.